The zero-order valence-corrected chi connectivity index (χ0v) is 17.0. The van der Waals surface area contributed by atoms with E-state index in [-0.39, 0.29) is 6.92 Å². The monoisotopic (exact) mass is 584 g/mol. The maximum Gasteiger partial charge on any atom is 0.404 e. The van der Waals surface area contributed by atoms with Gasteiger partial charge in [0, 0.05) is 0 Å². The van der Waals surface area contributed by atoms with Crippen molar-refractivity contribution in [1.82, 2.24) is 0 Å². The molecule has 0 aliphatic rings. The molecule has 0 fully saturated rings. The highest BCUT2D eigenvalue weighted by Gasteiger charge is 2.93. The molecule has 0 saturated carbocycles. The van der Waals surface area contributed by atoms with Gasteiger partial charge in [-0.1, -0.05) is 6.92 Å². The fourth-order valence-electron chi connectivity index (χ4n) is 2.03. The molecule has 0 spiro atoms. The van der Waals surface area contributed by atoms with Gasteiger partial charge in [0.25, 0.3) is 0 Å². The Labute approximate surface area is 186 Å². The van der Waals surface area contributed by atoms with Gasteiger partial charge in [-0.2, -0.15) is 74.6 Å². The maximum atomic E-state index is 13.6. The van der Waals surface area contributed by atoms with Crippen molar-refractivity contribution < 1.29 is 92.9 Å². The second-order valence-corrected chi connectivity index (χ2v) is 7.26. The van der Waals surface area contributed by atoms with Gasteiger partial charge in [-0.15, -0.1) is 0 Å². The van der Waals surface area contributed by atoms with Crippen LogP contribution in [0.15, 0.2) is 0 Å². The summed E-state index contributed by atoms with van der Waals surface area (Å²) in [6.07, 6.45) is -13.0. The summed E-state index contributed by atoms with van der Waals surface area (Å²) in [6.45, 7) is -3.21. The lowest BCUT2D eigenvalue weighted by atomic mass is 9.87. The van der Waals surface area contributed by atoms with Gasteiger partial charge in [-0.05, 0) is 13.3 Å². The molecule has 216 valence electrons. The molecule has 0 heterocycles. The average Bonchev–Trinajstić information content (AvgIpc) is 2.69. The number of ether oxygens (including phenoxy) is 1. The van der Waals surface area contributed by atoms with Crippen LogP contribution < -0.4 is 0 Å². The summed E-state index contributed by atoms with van der Waals surface area (Å²) in [5.74, 6) is -59.7. The van der Waals surface area contributed by atoms with Gasteiger partial charge in [0.2, 0.25) is 0 Å². The number of carbonyl (C=O) groups excluding carboxylic acids is 1. The number of hydrogen-bond acceptors (Lipinski definition) is 2. The van der Waals surface area contributed by atoms with Crippen LogP contribution in [0.5, 0.6) is 0 Å². The molecule has 0 bridgehead atoms. The zero-order valence-electron chi connectivity index (χ0n) is 17.0. The van der Waals surface area contributed by atoms with Crippen LogP contribution in [-0.4, -0.2) is 66.6 Å². The van der Waals surface area contributed by atoms with Crippen LogP contribution in [0.3, 0.4) is 0 Å². The lowest BCUT2D eigenvalue weighted by Gasteiger charge is -2.42. The highest BCUT2D eigenvalue weighted by atomic mass is 19.4. The first kappa shape index (κ1) is 34.1. The summed E-state index contributed by atoms with van der Waals surface area (Å²) >= 11 is 0. The third-order valence-corrected chi connectivity index (χ3v) is 4.90. The zero-order chi connectivity index (χ0) is 29.8. The molecule has 0 aliphatic carbocycles. The molecule has 2 nitrogen and oxygen atoms in total. The van der Waals surface area contributed by atoms with Gasteiger partial charge in [-0.3, -0.25) is 4.79 Å². The standard InChI is InChI=1S/C15H11F19O2/c1-3-7(2,15(32,33)34)6(35)36-4-8(18,19)10(22,23)12(26,27)14(30,31)13(28,29)11(24,25)9(20,21)5(16)17/h5H,3-4H2,1-2H3. The van der Waals surface area contributed by atoms with E-state index >= 15 is 0 Å². The lowest BCUT2D eigenvalue weighted by Crippen LogP contribution is -2.74. The quantitative estimate of drug-likeness (QED) is 0.190. The summed E-state index contributed by atoms with van der Waals surface area (Å²) in [6, 6.07) is 0. The molecule has 0 aromatic rings. The Kier molecular flexibility index (Phi) is 8.68. The van der Waals surface area contributed by atoms with E-state index in [0.717, 1.165) is 0 Å². The molecule has 21 heteroatoms. The summed E-state index contributed by atoms with van der Waals surface area (Å²) in [5.41, 5.74) is -3.79. The van der Waals surface area contributed by atoms with Crippen LogP contribution in [0, 0.1) is 5.41 Å². The first-order valence-corrected chi connectivity index (χ1v) is 8.55. The number of alkyl halides is 19. The third kappa shape index (κ3) is 4.62. The highest BCUT2D eigenvalue weighted by Crippen LogP contribution is 2.62. The van der Waals surface area contributed by atoms with Crippen molar-refractivity contribution in [1.29, 1.82) is 0 Å². The van der Waals surface area contributed by atoms with E-state index in [1.165, 1.54) is 0 Å². The minimum Gasteiger partial charge on any atom is -0.458 e. The predicted molar refractivity (Wildman–Crippen MR) is 76.0 cm³/mol. The minimum atomic E-state index is -8.66. The van der Waals surface area contributed by atoms with E-state index in [9.17, 15) is 88.2 Å². The van der Waals surface area contributed by atoms with Crippen LogP contribution in [-0.2, 0) is 9.53 Å². The normalized spacial score (nSPS) is 17.3. The van der Waals surface area contributed by atoms with Crippen molar-refractivity contribution in [3.05, 3.63) is 0 Å². The van der Waals surface area contributed by atoms with Crippen molar-refractivity contribution in [2.45, 2.75) is 74.3 Å². The molecule has 0 aliphatic heterocycles. The predicted octanol–water partition coefficient (Wildman–Crippen LogP) is 7.22. The number of rotatable bonds is 11. The lowest BCUT2D eigenvalue weighted by molar-refractivity contribution is -0.447. The first-order valence-electron chi connectivity index (χ1n) is 8.55. The van der Waals surface area contributed by atoms with E-state index in [2.05, 4.69) is 4.74 Å². The smallest absolute Gasteiger partial charge is 0.404 e. The second-order valence-electron chi connectivity index (χ2n) is 7.26. The molecule has 0 saturated heterocycles. The summed E-state index contributed by atoms with van der Waals surface area (Å²) in [5, 5.41) is 0. The molecule has 0 radical (unpaired) electrons. The maximum absolute atomic E-state index is 13.6. The Hall–Kier alpha value is -1.86. The van der Waals surface area contributed by atoms with Crippen molar-refractivity contribution in [2.24, 2.45) is 5.41 Å². The van der Waals surface area contributed by atoms with Gasteiger partial charge >= 0.3 is 60.0 Å². The number of carbonyl (C=O) groups is 1. The van der Waals surface area contributed by atoms with Crippen molar-refractivity contribution in [2.75, 3.05) is 6.61 Å². The fourth-order valence-corrected chi connectivity index (χ4v) is 2.03. The molecule has 1 atom stereocenters. The highest BCUT2D eigenvalue weighted by molar-refractivity contribution is 5.77. The second kappa shape index (κ2) is 9.16. The molecule has 0 aromatic heterocycles. The number of halogens is 19. The van der Waals surface area contributed by atoms with Crippen molar-refractivity contribution in [3.63, 3.8) is 0 Å². The number of esters is 1. The molecular formula is C15H11F19O2. The van der Waals surface area contributed by atoms with Gasteiger partial charge in [0.1, 0.15) is 0 Å². The fraction of sp³-hybridized carbons (Fsp3) is 0.933. The van der Waals surface area contributed by atoms with Gasteiger partial charge in [0.05, 0.1) is 0 Å². The van der Waals surface area contributed by atoms with Crippen LogP contribution in [0.25, 0.3) is 0 Å². The molecule has 0 rings (SSSR count). The number of hydrogen-bond donors (Lipinski definition) is 0. The third-order valence-electron chi connectivity index (χ3n) is 4.90. The molecule has 0 aromatic carbocycles. The van der Waals surface area contributed by atoms with Gasteiger partial charge in [-0.25, -0.2) is 8.78 Å². The molecule has 0 amide bonds. The Morgan fingerprint density at radius 2 is 0.972 bits per heavy atom. The molecule has 0 N–H and O–H groups in total. The van der Waals surface area contributed by atoms with E-state index in [0.29, 0.717) is 6.92 Å². The minimum absolute atomic E-state index is 0.0831. The van der Waals surface area contributed by atoms with E-state index in [1.54, 1.807) is 0 Å². The Bertz CT molecular complexity index is 799. The van der Waals surface area contributed by atoms with E-state index in [4.69, 9.17) is 0 Å². The summed E-state index contributed by atoms with van der Waals surface area (Å²) in [7, 11) is 0. The molecule has 1 unspecified atom stereocenters. The average molecular weight is 584 g/mol. The van der Waals surface area contributed by atoms with Gasteiger partial charge in [0.15, 0.2) is 12.0 Å². The van der Waals surface area contributed by atoms with Crippen LogP contribution >= 0.6 is 0 Å². The summed E-state index contributed by atoms with van der Waals surface area (Å²) < 4.78 is 252. The Balaban J connectivity index is 6.44. The molecule has 36 heavy (non-hydrogen) atoms. The van der Waals surface area contributed by atoms with Crippen LogP contribution in [0.2, 0.25) is 0 Å². The molecular weight excluding hydrogens is 573 g/mol. The SMILES string of the molecule is CCC(C)(C(=O)OCC(F)(F)C(F)(F)C(F)(F)C(F)(F)C(F)(F)C(F)(F)C(F)(F)C(F)F)C(F)(F)F. The van der Waals surface area contributed by atoms with Crippen molar-refractivity contribution >= 4 is 5.97 Å². The Morgan fingerprint density at radius 3 is 1.28 bits per heavy atom. The Morgan fingerprint density at radius 1 is 0.639 bits per heavy atom. The summed E-state index contributed by atoms with van der Waals surface area (Å²) in [4.78, 5) is 11.4. The first-order chi connectivity index (χ1) is 15.4. The van der Waals surface area contributed by atoms with E-state index in [1.807, 2.05) is 0 Å². The van der Waals surface area contributed by atoms with Crippen LogP contribution in [0.1, 0.15) is 20.3 Å². The van der Waals surface area contributed by atoms with Crippen LogP contribution in [0.4, 0.5) is 83.4 Å². The topological polar surface area (TPSA) is 26.3 Å². The van der Waals surface area contributed by atoms with Gasteiger partial charge < -0.3 is 4.74 Å². The van der Waals surface area contributed by atoms with E-state index < -0.39 is 78.5 Å². The van der Waals surface area contributed by atoms with Crippen molar-refractivity contribution in [3.8, 4) is 0 Å². The largest absolute Gasteiger partial charge is 0.458 e.